The van der Waals surface area contributed by atoms with E-state index in [4.69, 9.17) is 33.0 Å². The number of carbonyl (C=O) groups is 1. The monoisotopic (exact) mass is 262 g/mol. The number of hydrogen-bond donors (Lipinski definition) is 1. The minimum Gasteiger partial charge on any atom is -0.478 e. The smallest absolute Gasteiger partial charge is 0.347 e. The van der Waals surface area contributed by atoms with E-state index in [-0.39, 0.29) is 0 Å². The van der Waals surface area contributed by atoms with Crippen LogP contribution >= 0.6 is 23.2 Å². The van der Waals surface area contributed by atoms with Crippen molar-refractivity contribution in [2.24, 2.45) is 0 Å². The number of rotatable bonds is 4. The summed E-state index contributed by atoms with van der Waals surface area (Å²) in [6, 6.07) is 4.67. The minimum atomic E-state index is -1.28. The van der Waals surface area contributed by atoms with Crippen LogP contribution in [0.4, 0.5) is 0 Å². The second kappa shape index (κ2) is 4.93. The summed E-state index contributed by atoms with van der Waals surface area (Å²) in [7, 11) is 0. The molecule has 1 unspecified atom stereocenters. The molecule has 0 radical (unpaired) electrons. The van der Waals surface area contributed by atoms with Gasteiger partial charge in [0.15, 0.2) is 0 Å². The molecule has 5 heteroatoms. The van der Waals surface area contributed by atoms with E-state index in [0.29, 0.717) is 22.2 Å². The fourth-order valence-corrected chi connectivity index (χ4v) is 1.51. The van der Waals surface area contributed by atoms with Crippen LogP contribution in [0.15, 0.2) is 18.2 Å². The molecule has 1 aromatic carbocycles. The third-order valence-corrected chi connectivity index (χ3v) is 2.89. The van der Waals surface area contributed by atoms with Gasteiger partial charge in [-0.3, -0.25) is 0 Å². The zero-order valence-corrected chi connectivity index (χ0v) is 10.5. The van der Waals surface area contributed by atoms with Gasteiger partial charge in [-0.15, -0.1) is 0 Å². The molecule has 1 aromatic rings. The molecule has 0 aliphatic heterocycles. The number of halogens is 2. The number of aliphatic carboxylic acids is 1. The van der Waals surface area contributed by atoms with Gasteiger partial charge in [0.25, 0.3) is 0 Å². The van der Waals surface area contributed by atoms with Gasteiger partial charge in [0.2, 0.25) is 5.60 Å². The maximum absolute atomic E-state index is 11.0. The lowest BCUT2D eigenvalue weighted by atomic mass is 10.0. The van der Waals surface area contributed by atoms with E-state index in [1.165, 1.54) is 13.0 Å². The van der Waals surface area contributed by atoms with Gasteiger partial charge in [-0.05, 0) is 31.5 Å². The zero-order valence-electron chi connectivity index (χ0n) is 8.96. The van der Waals surface area contributed by atoms with Crippen molar-refractivity contribution in [2.75, 3.05) is 0 Å². The van der Waals surface area contributed by atoms with Crippen LogP contribution in [0.1, 0.15) is 20.3 Å². The average molecular weight is 263 g/mol. The molecule has 0 fully saturated rings. The van der Waals surface area contributed by atoms with Gasteiger partial charge in [0, 0.05) is 5.02 Å². The van der Waals surface area contributed by atoms with Crippen molar-refractivity contribution in [1.29, 1.82) is 0 Å². The van der Waals surface area contributed by atoms with Gasteiger partial charge in [0.1, 0.15) is 5.75 Å². The Hall–Kier alpha value is -0.930. The molecule has 0 aliphatic carbocycles. The van der Waals surface area contributed by atoms with Gasteiger partial charge in [-0.1, -0.05) is 30.1 Å². The first-order valence-corrected chi connectivity index (χ1v) is 5.52. The van der Waals surface area contributed by atoms with Gasteiger partial charge in [0.05, 0.1) is 5.02 Å². The van der Waals surface area contributed by atoms with E-state index in [1.54, 1.807) is 19.1 Å². The average Bonchev–Trinajstić information content (AvgIpc) is 2.22. The van der Waals surface area contributed by atoms with Crippen molar-refractivity contribution in [2.45, 2.75) is 25.9 Å². The Morgan fingerprint density at radius 2 is 2.12 bits per heavy atom. The summed E-state index contributed by atoms with van der Waals surface area (Å²) in [5.41, 5.74) is -1.28. The lowest BCUT2D eigenvalue weighted by Gasteiger charge is -2.25. The molecule has 0 spiro atoms. The highest BCUT2D eigenvalue weighted by atomic mass is 35.5. The highest BCUT2D eigenvalue weighted by molar-refractivity contribution is 6.35. The first kappa shape index (κ1) is 13.1. The molecule has 0 saturated heterocycles. The Balaban J connectivity index is 2.99. The Kier molecular flexibility index (Phi) is 4.05. The molecule has 16 heavy (non-hydrogen) atoms. The molecular formula is C11H12Cl2O3. The third-order valence-electron chi connectivity index (χ3n) is 2.36. The Morgan fingerprint density at radius 1 is 1.50 bits per heavy atom. The topological polar surface area (TPSA) is 46.5 Å². The largest absolute Gasteiger partial charge is 0.478 e. The van der Waals surface area contributed by atoms with Crippen molar-refractivity contribution >= 4 is 29.2 Å². The Bertz CT molecular complexity index is 406. The van der Waals surface area contributed by atoms with Gasteiger partial charge in [-0.25, -0.2) is 4.79 Å². The second-order valence-corrected chi connectivity index (χ2v) is 4.41. The van der Waals surface area contributed by atoms with Gasteiger partial charge >= 0.3 is 5.97 Å². The van der Waals surface area contributed by atoms with E-state index < -0.39 is 11.6 Å². The van der Waals surface area contributed by atoms with E-state index in [2.05, 4.69) is 0 Å². The van der Waals surface area contributed by atoms with E-state index in [9.17, 15) is 4.79 Å². The van der Waals surface area contributed by atoms with Crippen molar-refractivity contribution in [3.8, 4) is 5.75 Å². The summed E-state index contributed by atoms with van der Waals surface area (Å²) in [6.45, 7) is 3.23. The fraction of sp³-hybridized carbons (Fsp3) is 0.364. The number of hydrogen-bond acceptors (Lipinski definition) is 2. The number of ether oxygens (including phenoxy) is 1. The molecule has 0 aromatic heterocycles. The first-order chi connectivity index (χ1) is 7.39. The summed E-state index contributed by atoms with van der Waals surface area (Å²) < 4.78 is 5.41. The van der Waals surface area contributed by atoms with Crippen LogP contribution in [0.2, 0.25) is 10.0 Å². The van der Waals surface area contributed by atoms with Crippen LogP contribution in [-0.2, 0) is 4.79 Å². The Labute approximate surface area is 104 Å². The predicted molar refractivity (Wildman–Crippen MR) is 63.4 cm³/mol. The summed E-state index contributed by atoms with van der Waals surface area (Å²) in [5, 5.41) is 9.82. The number of benzene rings is 1. The van der Waals surface area contributed by atoms with Gasteiger partial charge < -0.3 is 9.84 Å². The summed E-state index contributed by atoms with van der Waals surface area (Å²) in [6.07, 6.45) is 0.335. The molecule has 0 bridgehead atoms. The lowest BCUT2D eigenvalue weighted by Crippen LogP contribution is -2.40. The molecule has 1 N–H and O–H groups in total. The fourth-order valence-electron chi connectivity index (χ4n) is 1.07. The van der Waals surface area contributed by atoms with Crippen LogP contribution in [0.25, 0.3) is 0 Å². The van der Waals surface area contributed by atoms with Gasteiger partial charge in [-0.2, -0.15) is 0 Å². The molecule has 1 atom stereocenters. The summed E-state index contributed by atoms with van der Waals surface area (Å²) in [4.78, 5) is 11.0. The normalized spacial score (nSPS) is 14.2. The molecule has 0 saturated carbocycles. The third kappa shape index (κ3) is 2.80. The van der Waals surface area contributed by atoms with E-state index in [0.717, 1.165) is 0 Å². The van der Waals surface area contributed by atoms with Crippen molar-refractivity contribution < 1.29 is 14.6 Å². The van der Waals surface area contributed by atoms with Crippen LogP contribution in [0.5, 0.6) is 5.75 Å². The number of carboxylic acids is 1. The standard InChI is InChI=1S/C11H12Cl2O3/c1-3-11(2,10(14)15)16-9-5-4-7(12)6-8(9)13/h4-6H,3H2,1-2H3,(H,14,15). The highest BCUT2D eigenvalue weighted by Gasteiger charge is 2.34. The van der Waals surface area contributed by atoms with E-state index >= 15 is 0 Å². The summed E-state index contributed by atoms with van der Waals surface area (Å²) in [5.74, 6) is -0.709. The van der Waals surface area contributed by atoms with Crippen LogP contribution in [0, 0.1) is 0 Å². The minimum absolute atomic E-state index is 0.299. The van der Waals surface area contributed by atoms with E-state index in [1.807, 2.05) is 0 Å². The van der Waals surface area contributed by atoms with Crippen LogP contribution in [0.3, 0.4) is 0 Å². The second-order valence-electron chi connectivity index (χ2n) is 3.57. The maximum Gasteiger partial charge on any atom is 0.347 e. The molecule has 3 nitrogen and oxygen atoms in total. The zero-order chi connectivity index (χ0) is 12.3. The molecule has 0 amide bonds. The van der Waals surface area contributed by atoms with Crippen LogP contribution in [-0.4, -0.2) is 16.7 Å². The molecule has 88 valence electrons. The lowest BCUT2D eigenvalue weighted by molar-refractivity contribution is -0.154. The van der Waals surface area contributed by atoms with Crippen molar-refractivity contribution in [3.05, 3.63) is 28.2 Å². The molecule has 0 heterocycles. The molecule has 0 aliphatic rings. The summed E-state index contributed by atoms with van der Waals surface area (Å²) >= 11 is 11.6. The SMILES string of the molecule is CCC(C)(Oc1ccc(Cl)cc1Cl)C(=O)O. The number of carboxylic acid groups (broad SMARTS) is 1. The Morgan fingerprint density at radius 3 is 2.56 bits per heavy atom. The van der Waals surface area contributed by atoms with Crippen LogP contribution < -0.4 is 4.74 Å². The molecule has 1 rings (SSSR count). The maximum atomic E-state index is 11.0. The van der Waals surface area contributed by atoms with Crippen molar-refractivity contribution in [3.63, 3.8) is 0 Å². The predicted octanol–water partition coefficient (Wildman–Crippen LogP) is 3.63. The molecular weight excluding hydrogens is 251 g/mol. The van der Waals surface area contributed by atoms with Crippen molar-refractivity contribution in [1.82, 2.24) is 0 Å². The highest BCUT2D eigenvalue weighted by Crippen LogP contribution is 2.31. The quantitative estimate of drug-likeness (QED) is 0.902. The first-order valence-electron chi connectivity index (χ1n) is 4.76.